The van der Waals surface area contributed by atoms with Gasteiger partial charge >= 0.3 is 0 Å². The summed E-state index contributed by atoms with van der Waals surface area (Å²) >= 11 is 0. The van der Waals surface area contributed by atoms with Gasteiger partial charge in [-0.25, -0.2) is 0 Å². The van der Waals surface area contributed by atoms with Crippen LogP contribution in [0.5, 0.6) is 0 Å². The van der Waals surface area contributed by atoms with E-state index in [9.17, 15) is 4.79 Å². The molecule has 4 heterocycles. The number of nitrogens with zero attached hydrogens (tertiary/aromatic N) is 8. The summed E-state index contributed by atoms with van der Waals surface area (Å²) in [4.78, 5) is 14.6. The second-order valence-electron chi connectivity index (χ2n) is 7.24. The Bertz CT molecular complexity index is 982. The molecule has 0 saturated carbocycles. The second kappa shape index (κ2) is 6.64. The third-order valence-electron chi connectivity index (χ3n) is 4.98. The van der Waals surface area contributed by atoms with Crippen LogP contribution < -0.4 is 0 Å². The normalized spacial score (nSPS) is 16.6. The fourth-order valence-corrected chi connectivity index (χ4v) is 3.71. The van der Waals surface area contributed by atoms with Crippen LogP contribution in [0.15, 0.2) is 18.5 Å². The molecule has 0 bridgehead atoms. The SMILES string of the molecule is Cc1cc(C)n(CCC(=O)N2Cc3nnc(-c4cnn(C)c4)n3[C@@H](C)C2)n1. The number of carbonyl (C=O) groups excluding carboxylic acids is 1. The fourth-order valence-electron chi connectivity index (χ4n) is 3.71. The molecule has 0 radical (unpaired) electrons. The first-order chi connectivity index (χ1) is 12.9. The van der Waals surface area contributed by atoms with Crippen LogP contribution in [0.25, 0.3) is 11.4 Å². The minimum atomic E-state index is 0.108. The molecule has 0 aliphatic carbocycles. The lowest BCUT2D eigenvalue weighted by molar-refractivity contribution is -0.133. The van der Waals surface area contributed by atoms with Crippen LogP contribution in [0.4, 0.5) is 0 Å². The molecule has 9 heteroatoms. The Kier molecular flexibility index (Phi) is 4.29. The summed E-state index contributed by atoms with van der Waals surface area (Å²) in [5.41, 5.74) is 2.99. The molecule has 1 aliphatic rings. The molecule has 27 heavy (non-hydrogen) atoms. The van der Waals surface area contributed by atoms with E-state index in [1.165, 1.54) is 0 Å². The van der Waals surface area contributed by atoms with E-state index in [0.717, 1.165) is 28.6 Å². The van der Waals surface area contributed by atoms with Crippen LogP contribution in [-0.2, 0) is 24.9 Å². The lowest BCUT2D eigenvalue weighted by atomic mass is 10.2. The van der Waals surface area contributed by atoms with Crippen molar-refractivity contribution in [2.75, 3.05) is 6.54 Å². The first-order valence-corrected chi connectivity index (χ1v) is 9.14. The van der Waals surface area contributed by atoms with E-state index in [1.807, 2.05) is 42.7 Å². The third-order valence-corrected chi connectivity index (χ3v) is 4.98. The Labute approximate surface area is 157 Å². The number of aryl methyl sites for hydroxylation is 4. The minimum absolute atomic E-state index is 0.108. The van der Waals surface area contributed by atoms with Crippen LogP contribution in [0.2, 0.25) is 0 Å². The van der Waals surface area contributed by atoms with E-state index in [0.29, 0.717) is 26.1 Å². The molecular weight excluding hydrogens is 344 g/mol. The average Bonchev–Trinajstić information content (AvgIpc) is 3.31. The molecular formula is C18H24N8O. The summed E-state index contributed by atoms with van der Waals surface area (Å²) in [5.74, 6) is 1.74. The van der Waals surface area contributed by atoms with Gasteiger partial charge in [0.2, 0.25) is 5.91 Å². The van der Waals surface area contributed by atoms with E-state index >= 15 is 0 Å². The van der Waals surface area contributed by atoms with Gasteiger partial charge < -0.3 is 9.47 Å². The van der Waals surface area contributed by atoms with Crippen LogP contribution in [-0.4, -0.2) is 51.7 Å². The zero-order chi connectivity index (χ0) is 19.1. The van der Waals surface area contributed by atoms with Crippen molar-refractivity contribution in [3.63, 3.8) is 0 Å². The van der Waals surface area contributed by atoms with E-state index in [2.05, 4.69) is 31.9 Å². The molecule has 142 valence electrons. The quantitative estimate of drug-likeness (QED) is 0.696. The Hall–Kier alpha value is -2.97. The number of carbonyl (C=O) groups is 1. The molecule has 1 atom stereocenters. The van der Waals surface area contributed by atoms with Crippen molar-refractivity contribution in [3.05, 3.63) is 35.7 Å². The van der Waals surface area contributed by atoms with Gasteiger partial charge in [0.1, 0.15) is 0 Å². The van der Waals surface area contributed by atoms with Gasteiger partial charge in [0.25, 0.3) is 0 Å². The van der Waals surface area contributed by atoms with Crippen molar-refractivity contribution in [2.24, 2.45) is 7.05 Å². The van der Waals surface area contributed by atoms with Crippen molar-refractivity contribution in [2.45, 2.75) is 46.3 Å². The van der Waals surface area contributed by atoms with Gasteiger partial charge in [-0.2, -0.15) is 10.2 Å². The van der Waals surface area contributed by atoms with Gasteiger partial charge in [0.05, 0.1) is 30.0 Å². The average molecular weight is 368 g/mol. The molecule has 3 aromatic heterocycles. The molecule has 0 spiro atoms. The molecule has 1 amide bonds. The topological polar surface area (TPSA) is 86.7 Å². The van der Waals surface area contributed by atoms with Crippen molar-refractivity contribution < 1.29 is 4.79 Å². The van der Waals surface area contributed by atoms with Gasteiger partial charge in [0.15, 0.2) is 11.6 Å². The second-order valence-corrected chi connectivity index (χ2v) is 7.24. The van der Waals surface area contributed by atoms with Gasteiger partial charge in [0, 0.05) is 38.4 Å². The van der Waals surface area contributed by atoms with Gasteiger partial charge in [-0.05, 0) is 26.8 Å². The van der Waals surface area contributed by atoms with E-state index in [1.54, 1.807) is 10.9 Å². The highest BCUT2D eigenvalue weighted by Crippen LogP contribution is 2.27. The highest BCUT2D eigenvalue weighted by molar-refractivity contribution is 5.76. The zero-order valence-electron chi connectivity index (χ0n) is 16.1. The summed E-state index contributed by atoms with van der Waals surface area (Å²) in [6.45, 7) is 7.78. The van der Waals surface area contributed by atoms with Crippen LogP contribution >= 0.6 is 0 Å². The number of amides is 1. The van der Waals surface area contributed by atoms with E-state index in [4.69, 9.17) is 0 Å². The summed E-state index contributed by atoms with van der Waals surface area (Å²) in [5, 5.41) is 17.3. The maximum Gasteiger partial charge on any atom is 0.224 e. The predicted octanol–water partition coefficient (Wildman–Crippen LogP) is 1.49. The van der Waals surface area contributed by atoms with E-state index in [-0.39, 0.29) is 11.9 Å². The first-order valence-electron chi connectivity index (χ1n) is 9.14. The number of aromatic nitrogens is 7. The van der Waals surface area contributed by atoms with Gasteiger partial charge in [-0.3, -0.25) is 14.2 Å². The maximum atomic E-state index is 12.7. The highest BCUT2D eigenvalue weighted by Gasteiger charge is 2.29. The minimum Gasteiger partial charge on any atom is -0.333 e. The van der Waals surface area contributed by atoms with Gasteiger partial charge in [-0.1, -0.05) is 0 Å². The first kappa shape index (κ1) is 17.4. The predicted molar refractivity (Wildman–Crippen MR) is 98.7 cm³/mol. The summed E-state index contributed by atoms with van der Waals surface area (Å²) < 4.78 is 5.75. The Morgan fingerprint density at radius 1 is 1.30 bits per heavy atom. The fraction of sp³-hybridized carbons (Fsp3) is 0.500. The molecule has 0 saturated heterocycles. The molecule has 9 nitrogen and oxygen atoms in total. The Morgan fingerprint density at radius 3 is 2.78 bits per heavy atom. The number of hydrogen-bond acceptors (Lipinski definition) is 5. The van der Waals surface area contributed by atoms with Crippen LogP contribution in [0, 0.1) is 13.8 Å². The monoisotopic (exact) mass is 368 g/mol. The Morgan fingerprint density at radius 2 is 2.11 bits per heavy atom. The molecule has 1 aliphatic heterocycles. The van der Waals surface area contributed by atoms with Crippen molar-refractivity contribution in [1.29, 1.82) is 0 Å². The lowest BCUT2D eigenvalue weighted by Crippen LogP contribution is -2.40. The standard InChI is InChI=1S/C18H24N8O/c1-12-7-13(2)25(22-12)6-5-17(27)24-9-14(3)26-16(11-24)20-21-18(26)15-8-19-23(4)10-15/h7-8,10,14H,5-6,9,11H2,1-4H3/t14-/m0/s1. The van der Waals surface area contributed by atoms with E-state index < -0.39 is 0 Å². The van der Waals surface area contributed by atoms with Crippen LogP contribution in [0.1, 0.15) is 36.6 Å². The molecule has 4 rings (SSSR count). The molecule has 0 aromatic carbocycles. The summed E-state index contributed by atoms with van der Waals surface area (Å²) in [7, 11) is 1.88. The van der Waals surface area contributed by atoms with Crippen molar-refractivity contribution in [1.82, 2.24) is 39.2 Å². The number of rotatable bonds is 4. The third kappa shape index (κ3) is 3.24. The number of fused-ring (bicyclic) bond motifs is 1. The Balaban J connectivity index is 1.48. The van der Waals surface area contributed by atoms with Gasteiger partial charge in [-0.15, -0.1) is 10.2 Å². The molecule has 0 N–H and O–H groups in total. The lowest BCUT2D eigenvalue weighted by Gasteiger charge is -2.32. The van der Waals surface area contributed by atoms with Crippen LogP contribution in [0.3, 0.4) is 0 Å². The smallest absolute Gasteiger partial charge is 0.224 e. The number of hydrogen-bond donors (Lipinski definition) is 0. The molecule has 0 fully saturated rings. The summed E-state index contributed by atoms with van der Waals surface area (Å²) in [6, 6.07) is 2.13. The highest BCUT2D eigenvalue weighted by atomic mass is 16.2. The largest absolute Gasteiger partial charge is 0.333 e. The summed E-state index contributed by atoms with van der Waals surface area (Å²) in [6.07, 6.45) is 4.14. The molecule has 0 unspecified atom stereocenters. The zero-order valence-corrected chi connectivity index (χ0v) is 16.1. The maximum absolute atomic E-state index is 12.7. The van der Waals surface area contributed by atoms with Crippen molar-refractivity contribution >= 4 is 5.91 Å². The van der Waals surface area contributed by atoms with Crippen molar-refractivity contribution in [3.8, 4) is 11.4 Å². The molecule has 3 aromatic rings.